The molecule has 3 aliphatic rings. The highest BCUT2D eigenvalue weighted by atomic mass is 19.1. The monoisotopic (exact) mass is 550 g/mol. The highest BCUT2D eigenvalue weighted by molar-refractivity contribution is 6.25. The van der Waals surface area contributed by atoms with E-state index in [2.05, 4.69) is 36.3 Å². The van der Waals surface area contributed by atoms with Crippen LogP contribution in [0.2, 0.25) is 0 Å². The third kappa shape index (κ3) is 5.93. The zero-order chi connectivity index (χ0) is 28.6. The average molecular weight is 551 g/mol. The molecule has 40 heavy (non-hydrogen) atoms. The average Bonchev–Trinajstić information content (AvgIpc) is 3.15. The summed E-state index contributed by atoms with van der Waals surface area (Å²) in [6.07, 6.45) is 2.22. The summed E-state index contributed by atoms with van der Waals surface area (Å²) in [5, 5.41) is 5.36. The quantitative estimate of drug-likeness (QED) is 0.507. The molecule has 2 aromatic carbocycles. The Morgan fingerprint density at radius 1 is 1.02 bits per heavy atom. The molecule has 3 aliphatic heterocycles. The van der Waals surface area contributed by atoms with E-state index in [0.717, 1.165) is 30.8 Å². The molecule has 0 radical (unpaired) electrons. The maximum Gasteiger partial charge on any atom is 0.264 e. The van der Waals surface area contributed by atoms with Crippen LogP contribution in [0.4, 0.5) is 10.1 Å². The molecular formula is C30H35FN4O5. The summed E-state index contributed by atoms with van der Waals surface area (Å²) in [6, 6.07) is 8.97. The fourth-order valence-electron chi connectivity index (χ4n) is 5.61. The van der Waals surface area contributed by atoms with E-state index in [1.165, 1.54) is 6.07 Å². The first-order chi connectivity index (χ1) is 19.0. The first-order valence-electron chi connectivity index (χ1n) is 13.8. The zero-order valence-corrected chi connectivity index (χ0v) is 23.1. The highest BCUT2D eigenvalue weighted by Crippen LogP contribution is 2.32. The van der Waals surface area contributed by atoms with Gasteiger partial charge in [-0.2, -0.15) is 0 Å². The van der Waals surface area contributed by atoms with Crippen LogP contribution in [0.1, 0.15) is 78.3 Å². The standard InChI is InChI=1S/C30H35FN4O5/c1-30(2,3)40-20-11-13-34(14-12-20)17-19-8-7-18(15-22(19)31)16-32-23-6-4-5-21-26(23)29(39)35(28(21)38)24-9-10-25(36)33-27(24)37/h4-8,15,20,24,32H,9-14,16-17H2,1-3H3,(H,33,36,37). The Morgan fingerprint density at radius 2 is 1.77 bits per heavy atom. The lowest BCUT2D eigenvalue weighted by Gasteiger charge is -2.35. The van der Waals surface area contributed by atoms with Crippen LogP contribution < -0.4 is 10.6 Å². The Labute approximate surface area is 233 Å². The van der Waals surface area contributed by atoms with Crippen molar-refractivity contribution < 1.29 is 28.3 Å². The molecule has 2 aromatic rings. The SMILES string of the molecule is CC(C)(C)OC1CCN(Cc2ccc(CNc3cccc4c3C(=O)N(C3CCC(=O)NC3=O)C4=O)cc2F)CC1. The van der Waals surface area contributed by atoms with E-state index in [4.69, 9.17) is 4.74 Å². The Hall–Kier alpha value is -3.63. The van der Waals surface area contributed by atoms with Gasteiger partial charge in [-0.3, -0.25) is 34.3 Å². The van der Waals surface area contributed by atoms with Crippen molar-refractivity contribution in [2.24, 2.45) is 0 Å². The Bertz CT molecular complexity index is 1350. The molecule has 0 spiro atoms. The van der Waals surface area contributed by atoms with Crippen molar-refractivity contribution in [3.8, 4) is 0 Å². The number of fused-ring (bicyclic) bond motifs is 1. The van der Waals surface area contributed by atoms with Crippen molar-refractivity contribution in [1.29, 1.82) is 0 Å². The van der Waals surface area contributed by atoms with Crippen LogP contribution in [0.25, 0.3) is 0 Å². The Morgan fingerprint density at radius 3 is 2.45 bits per heavy atom. The lowest BCUT2D eigenvalue weighted by molar-refractivity contribution is -0.136. The summed E-state index contributed by atoms with van der Waals surface area (Å²) in [6.45, 7) is 8.65. The second-order valence-electron chi connectivity index (χ2n) is 11.7. The van der Waals surface area contributed by atoms with Crippen LogP contribution in [-0.2, 0) is 27.4 Å². The predicted octanol–water partition coefficient (Wildman–Crippen LogP) is 3.62. The van der Waals surface area contributed by atoms with Gasteiger partial charge in [-0.25, -0.2) is 4.39 Å². The molecule has 0 bridgehead atoms. The van der Waals surface area contributed by atoms with Crippen LogP contribution in [0.3, 0.4) is 0 Å². The van der Waals surface area contributed by atoms with Crippen molar-refractivity contribution in [1.82, 2.24) is 15.1 Å². The summed E-state index contributed by atoms with van der Waals surface area (Å²) < 4.78 is 21.1. The number of imide groups is 2. The number of nitrogens with zero attached hydrogens (tertiary/aromatic N) is 2. The molecule has 2 saturated heterocycles. The van der Waals surface area contributed by atoms with Crippen molar-refractivity contribution >= 4 is 29.3 Å². The lowest BCUT2D eigenvalue weighted by Crippen LogP contribution is -2.54. The molecule has 1 unspecified atom stereocenters. The van der Waals surface area contributed by atoms with Crippen LogP contribution in [0, 0.1) is 5.82 Å². The van der Waals surface area contributed by atoms with Crippen LogP contribution in [-0.4, -0.2) is 64.3 Å². The molecule has 2 fully saturated rings. The van der Waals surface area contributed by atoms with Crippen molar-refractivity contribution in [2.45, 2.75) is 77.3 Å². The number of halogens is 1. The molecule has 212 valence electrons. The first-order valence-corrected chi connectivity index (χ1v) is 13.8. The normalized spacial score (nSPS) is 20.6. The molecule has 9 nitrogen and oxygen atoms in total. The third-order valence-electron chi connectivity index (χ3n) is 7.52. The van der Waals surface area contributed by atoms with E-state index in [1.807, 2.05) is 6.07 Å². The topological polar surface area (TPSA) is 108 Å². The fourth-order valence-corrected chi connectivity index (χ4v) is 5.61. The number of benzene rings is 2. The van der Waals surface area contributed by atoms with Crippen LogP contribution in [0.5, 0.6) is 0 Å². The molecule has 0 aliphatic carbocycles. The van der Waals surface area contributed by atoms with E-state index in [-0.39, 0.29) is 48.0 Å². The van der Waals surface area contributed by atoms with Gasteiger partial charge in [0.25, 0.3) is 11.8 Å². The van der Waals surface area contributed by atoms with Gasteiger partial charge in [0.2, 0.25) is 11.8 Å². The molecule has 5 rings (SSSR count). The first kappa shape index (κ1) is 27.9. The highest BCUT2D eigenvalue weighted by Gasteiger charge is 2.45. The maximum absolute atomic E-state index is 15.0. The van der Waals surface area contributed by atoms with Gasteiger partial charge >= 0.3 is 0 Å². The van der Waals surface area contributed by atoms with Gasteiger partial charge in [-0.1, -0.05) is 18.2 Å². The number of ether oxygens (including phenoxy) is 1. The predicted molar refractivity (Wildman–Crippen MR) is 146 cm³/mol. The summed E-state index contributed by atoms with van der Waals surface area (Å²) in [7, 11) is 0. The number of hydrogen-bond donors (Lipinski definition) is 2. The number of nitrogens with one attached hydrogen (secondary N) is 2. The number of carbonyl (C=O) groups excluding carboxylic acids is 4. The Balaban J connectivity index is 1.21. The molecule has 4 amide bonds. The summed E-state index contributed by atoms with van der Waals surface area (Å²) in [5.74, 6) is -2.52. The third-order valence-corrected chi connectivity index (χ3v) is 7.52. The molecule has 0 aromatic heterocycles. The zero-order valence-electron chi connectivity index (χ0n) is 23.1. The van der Waals surface area contributed by atoms with Gasteiger partial charge in [-0.05, 0) is 63.8 Å². The van der Waals surface area contributed by atoms with E-state index >= 15 is 4.39 Å². The van der Waals surface area contributed by atoms with E-state index < -0.39 is 29.7 Å². The minimum Gasteiger partial charge on any atom is -0.380 e. The van der Waals surface area contributed by atoms with Gasteiger partial charge in [0, 0.05) is 43.9 Å². The maximum atomic E-state index is 15.0. The minimum absolute atomic E-state index is 0.0559. The number of anilines is 1. The van der Waals surface area contributed by atoms with Crippen molar-refractivity contribution in [3.63, 3.8) is 0 Å². The summed E-state index contributed by atoms with van der Waals surface area (Å²) in [5.41, 5.74) is 1.94. The number of amides is 4. The van der Waals surface area contributed by atoms with Crippen molar-refractivity contribution in [2.75, 3.05) is 18.4 Å². The number of piperidine rings is 2. The molecule has 2 N–H and O–H groups in total. The van der Waals surface area contributed by atoms with E-state index in [9.17, 15) is 19.2 Å². The van der Waals surface area contributed by atoms with Gasteiger partial charge in [0.15, 0.2) is 0 Å². The number of carbonyl (C=O) groups is 4. The largest absolute Gasteiger partial charge is 0.380 e. The number of likely N-dealkylation sites (tertiary alicyclic amines) is 1. The van der Waals surface area contributed by atoms with E-state index in [1.54, 1.807) is 24.3 Å². The van der Waals surface area contributed by atoms with Gasteiger partial charge in [-0.15, -0.1) is 0 Å². The van der Waals surface area contributed by atoms with Crippen LogP contribution >= 0.6 is 0 Å². The van der Waals surface area contributed by atoms with Gasteiger partial charge in [0.05, 0.1) is 22.8 Å². The summed E-state index contributed by atoms with van der Waals surface area (Å²) in [4.78, 5) is 53.3. The second-order valence-corrected chi connectivity index (χ2v) is 11.7. The lowest BCUT2D eigenvalue weighted by atomic mass is 10.0. The number of rotatable bonds is 7. The van der Waals surface area contributed by atoms with Gasteiger partial charge < -0.3 is 10.1 Å². The molecule has 0 saturated carbocycles. The van der Waals surface area contributed by atoms with Crippen LogP contribution in [0.15, 0.2) is 36.4 Å². The molecule has 1 atom stereocenters. The van der Waals surface area contributed by atoms with Crippen molar-refractivity contribution in [3.05, 3.63) is 64.5 Å². The molecule has 3 heterocycles. The minimum atomic E-state index is -1.03. The fraction of sp³-hybridized carbons (Fsp3) is 0.467. The Kier molecular flexibility index (Phi) is 7.74. The molecule has 10 heteroatoms. The van der Waals surface area contributed by atoms with E-state index in [0.29, 0.717) is 23.4 Å². The number of hydrogen-bond acceptors (Lipinski definition) is 7. The molecular weight excluding hydrogens is 515 g/mol. The smallest absolute Gasteiger partial charge is 0.264 e. The summed E-state index contributed by atoms with van der Waals surface area (Å²) >= 11 is 0. The van der Waals surface area contributed by atoms with Gasteiger partial charge in [0.1, 0.15) is 11.9 Å². The second kappa shape index (κ2) is 11.1.